The fourth-order valence-electron chi connectivity index (χ4n) is 0.0211. The number of hydrogen-bond acceptors (Lipinski definition) is 2. The minimum absolute atomic E-state index is 0.836. The molecular weight excluding hydrogens is 107 g/mol. The van der Waals surface area contributed by atoms with E-state index in [9.17, 15) is 4.79 Å². The van der Waals surface area contributed by atoms with Crippen LogP contribution in [0.2, 0.25) is 0 Å². The van der Waals surface area contributed by atoms with Crippen LogP contribution in [-0.4, -0.2) is 11.2 Å². The molecule has 0 aromatic carbocycles. The summed E-state index contributed by atoms with van der Waals surface area (Å²) in [6.45, 7) is 0. The first-order valence-corrected chi connectivity index (χ1v) is 1.49. The Kier molecular flexibility index (Phi) is 2.52. The van der Waals surface area contributed by atoms with Crippen molar-refractivity contribution >= 4 is 17.8 Å². The molecule has 36 valence electrons. The lowest BCUT2D eigenvalue weighted by atomic mass is 11.2. The normalized spacial score (nSPS) is 7.00. The minimum atomic E-state index is -0.836. The summed E-state index contributed by atoms with van der Waals surface area (Å²) in [4.78, 5) is 11.2. The second kappa shape index (κ2) is 2.74. The Morgan fingerprint density at radius 2 is 2.33 bits per heavy atom. The summed E-state index contributed by atoms with van der Waals surface area (Å²) < 4.78 is 0. The van der Waals surface area contributed by atoms with Gasteiger partial charge in [0.1, 0.15) is 0 Å². The van der Waals surface area contributed by atoms with Gasteiger partial charge in [0.25, 0.3) is 0 Å². The van der Waals surface area contributed by atoms with Crippen LogP contribution in [0.25, 0.3) is 0 Å². The van der Waals surface area contributed by atoms with E-state index >= 15 is 0 Å². The van der Waals surface area contributed by atoms with Crippen LogP contribution >= 0.6 is 11.8 Å². The highest BCUT2D eigenvalue weighted by molar-refractivity contribution is 6.20. The lowest BCUT2D eigenvalue weighted by Gasteiger charge is -1.86. The third-order valence-electron chi connectivity index (χ3n) is 0.187. The van der Waals surface area contributed by atoms with Crippen LogP contribution in [0.5, 0.6) is 0 Å². The van der Waals surface area contributed by atoms with Crippen molar-refractivity contribution in [3.05, 3.63) is 0 Å². The molecule has 0 fully saturated rings. The fourth-order valence-corrected chi connectivity index (χ4v) is 0.0634. The molecule has 0 atom stereocenters. The number of urea groups is 1. The van der Waals surface area contributed by atoms with Crippen molar-refractivity contribution in [3.63, 3.8) is 0 Å². The molecule has 0 bridgehead atoms. The van der Waals surface area contributed by atoms with Gasteiger partial charge in [0.15, 0.2) is 0 Å². The molecule has 0 rings (SSSR count). The molecular formula is CH3ClN2O2. The Bertz CT molecular complexity index is 49.5. The van der Waals surface area contributed by atoms with Crippen molar-refractivity contribution in [2.45, 2.75) is 0 Å². The Balaban J connectivity index is 2.99. The summed E-state index contributed by atoms with van der Waals surface area (Å²) >= 11 is 4.63. The Labute approximate surface area is 39.2 Å². The average Bonchev–Trinajstić information content (AvgIpc) is 1.65. The van der Waals surface area contributed by atoms with Gasteiger partial charge in [0, 0.05) is 11.8 Å². The molecule has 0 aromatic rings. The van der Waals surface area contributed by atoms with Gasteiger partial charge in [-0.2, -0.15) is 0 Å². The van der Waals surface area contributed by atoms with Gasteiger partial charge in [-0.3, -0.25) is 5.21 Å². The zero-order valence-corrected chi connectivity index (χ0v) is 3.49. The molecule has 6 heavy (non-hydrogen) atoms. The van der Waals surface area contributed by atoms with E-state index in [-0.39, 0.29) is 0 Å². The predicted octanol–water partition coefficient (Wildman–Crippen LogP) is -0.171. The molecule has 3 N–H and O–H groups in total. The molecule has 0 saturated heterocycles. The van der Waals surface area contributed by atoms with Gasteiger partial charge < -0.3 is 0 Å². The van der Waals surface area contributed by atoms with Crippen molar-refractivity contribution in [2.24, 2.45) is 0 Å². The topological polar surface area (TPSA) is 61.4 Å². The molecule has 0 saturated carbocycles. The maximum Gasteiger partial charge on any atom is 0.353 e. The molecule has 4 nitrogen and oxygen atoms in total. The van der Waals surface area contributed by atoms with Crippen molar-refractivity contribution in [2.75, 3.05) is 0 Å². The number of carbonyl (C=O) groups is 1. The SMILES string of the molecule is O=C(NO)NCl. The molecule has 2 amide bonds. The van der Waals surface area contributed by atoms with Gasteiger partial charge in [-0.25, -0.2) is 15.1 Å². The Hall–Kier alpha value is -0.480. The number of hydroxylamine groups is 1. The summed E-state index contributed by atoms with van der Waals surface area (Å²) in [5, 5.41) is 7.59. The number of amides is 2. The van der Waals surface area contributed by atoms with Crippen LogP contribution in [0, 0.1) is 0 Å². The van der Waals surface area contributed by atoms with E-state index in [4.69, 9.17) is 5.21 Å². The second-order valence-corrected chi connectivity index (χ2v) is 0.724. The molecule has 0 radical (unpaired) electrons. The van der Waals surface area contributed by atoms with Crippen molar-refractivity contribution in [3.8, 4) is 0 Å². The van der Waals surface area contributed by atoms with Gasteiger partial charge in [0.05, 0.1) is 0 Å². The third kappa shape index (κ3) is 1.80. The van der Waals surface area contributed by atoms with Crippen LogP contribution in [-0.2, 0) is 0 Å². The Morgan fingerprint density at radius 1 is 1.83 bits per heavy atom. The summed E-state index contributed by atoms with van der Waals surface area (Å²) in [5.74, 6) is 0. The minimum Gasteiger partial charge on any atom is -0.287 e. The van der Waals surface area contributed by atoms with Gasteiger partial charge in [-0.1, -0.05) is 0 Å². The lowest BCUT2D eigenvalue weighted by molar-refractivity contribution is 0.166. The predicted molar refractivity (Wildman–Crippen MR) is 19.3 cm³/mol. The average molecular weight is 110 g/mol. The summed E-state index contributed by atoms with van der Waals surface area (Å²) in [6, 6.07) is -0.836. The van der Waals surface area contributed by atoms with Crippen LogP contribution < -0.4 is 10.3 Å². The first-order chi connectivity index (χ1) is 2.81. The van der Waals surface area contributed by atoms with Crippen molar-refractivity contribution < 1.29 is 10.0 Å². The van der Waals surface area contributed by atoms with Gasteiger partial charge in [0.2, 0.25) is 0 Å². The number of halogens is 1. The van der Waals surface area contributed by atoms with E-state index in [1.54, 1.807) is 4.84 Å². The largest absolute Gasteiger partial charge is 0.353 e. The van der Waals surface area contributed by atoms with E-state index in [2.05, 4.69) is 11.8 Å². The number of rotatable bonds is 0. The van der Waals surface area contributed by atoms with E-state index in [0.717, 1.165) is 0 Å². The quantitative estimate of drug-likeness (QED) is 0.230. The first kappa shape index (κ1) is 5.52. The number of carbonyl (C=O) groups excluding carboxylic acids is 1. The molecule has 0 aliphatic heterocycles. The number of hydrogen-bond donors (Lipinski definition) is 3. The van der Waals surface area contributed by atoms with Crippen LogP contribution in [0.4, 0.5) is 4.79 Å². The van der Waals surface area contributed by atoms with E-state index in [0.29, 0.717) is 0 Å². The maximum absolute atomic E-state index is 9.58. The van der Waals surface area contributed by atoms with Gasteiger partial charge in [-0.15, -0.1) is 0 Å². The molecule has 0 aliphatic carbocycles. The zero-order valence-electron chi connectivity index (χ0n) is 2.73. The highest BCUT2D eigenvalue weighted by Crippen LogP contribution is 1.59. The monoisotopic (exact) mass is 110 g/mol. The maximum atomic E-state index is 9.58. The summed E-state index contributed by atoms with van der Waals surface area (Å²) in [6.07, 6.45) is 0. The van der Waals surface area contributed by atoms with E-state index < -0.39 is 6.03 Å². The summed E-state index contributed by atoms with van der Waals surface area (Å²) in [7, 11) is 0. The molecule has 0 heterocycles. The number of nitrogens with one attached hydrogen (secondary N) is 2. The summed E-state index contributed by atoms with van der Waals surface area (Å²) in [5.41, 5.74) is 1.23. The Morgan fingerprint density at radius 3 is 2.33 bits per heavy atom. The molecule has 5 heteroatoms. The first-order valence-electron chi connectivity index (χ1n) is 1.12. The van der Waals surface area contributed by atoms with Gasteiger partial charge in [-0.05, 0) is 0 Å². The van der Waals surface area contributed by atoms with Gasteiger partial charge >= 0.3 is 6.03 Å². The fraction of sp³-hybridized carbons (Fsp3) is 0. The van der Waals surface area contributed by atoms with E-state index in [1.165, 1.54) is 5.48 Å². The third-order valence-corrected chi connectivity index (χ3v) is 0.359. The molecule has 0 aliphatic rings. The zero-order chi connectivity index (χ0) is 4.99. The highest BCUT2D eigenvalue weighted by Gasteiger charge is 1.86. The molecule has 0 unspecified atom stereocenters. The molecule has 0 spiro atoms. The molecule has 0 aromatic heterocycles. The lowest BCUT2D eigenvalue weighted by Crippen LogP contribution is -2.25. The standard InChI is InChI=1S/CH3ClN2O2/c2-3-1(5)4-6/h6H,(H2,3,4,5). The van der Waals surface area contributed by atoms with Crippen molar-refractivity contribution in [1.82, 2.24) is 10.3 Å². The highest BCUT2D eigenvalue weighted by atomic mass is 35.5. The van der Waals surface area contributed by atoms with Crippen LogP contribution in [0.1, 0.15) is 0 Å². The van der Waals surface area contributed by atoms with Crippen LogP contribution in [0.15, 0.2) is 0 Å². The van der Waals surface area contributed by atoms with Crippen molar-refractivity contribution in [1.29, 1.82) is 0 Å². The smallest absolute Gasteiger partial charge is 0.287 e. The second-order valence-electron chi connectivity index (χ2n) is 0.535. The van der Waals surface area contributed by atoms with Crippen LogP contribution in [0.3, 0.4) is 0 Å². The van der Waals surface area contributed by atoms with E-state index in [1.807, 2.05) is 0 Å².